The van der Waals surface area contributed by atoms with Gasteiger partial charge in [-0.3, -0.25) is 9.59 Å². The lowest BCUT2D eigenvalue weighted by atomic mass is 9.95. The number of halogens is 1. The zero-order valence-corrected chi connectivity index (χ0v) is 16.7. The van der Waals surface area contributed by atoms with Gasteiger partial charge in [0.1, 0.15) is 0 Å². The number of benzene rings is 1. The quantitative estimate of drug-likeness (QED) is 0.852. The van der Waals surface area contributed by atoms with Crippen molar-refractivity contribution in [2.45, 2.75) is 39.7 Å². The van der Waals surface area contributed by atoms with Crippen molar-refractivity contribution in [3.63, 3.8) is 0 Å². The molecule has 1 saturated heterocycles. The maximum atomic E-state index is 12.5. The van der Waals surface area contributed by atoms with Crippen molar-refractivity contribution in [2.75, 3.05) is 26.3 Å². The van der Waals surface area contributed by atoms with Crippen LogP contribution in [0.4, 0.5) is 0 Å². The standard InChI is InChI=1S/C20H27ClN2O4/c1-13(2)20(25)23-6-4-15(5-7-23)19(24)22-12-14-10-16(21)18-17(11-14)26-8-3-9-27-18/h10-11,13,15H,3-9,12H2,1-2H3,(H,22,24). The molecule has 1 N–H and O–H groups in total. The third kappa shape index (κ3) is 4.86. The van der Waals surface area contributed by atoms with Crippen molar-refractivity contribution in [1.29, 1.82) is 0 Å². The van der Waals surface area contributed by atoms with Gasteiger partial charge in [0.2, 0.25) is 11.8 Å². The van der Waals surface area contributed by atoms with Gasteiger partial charge in [-0.15, -0.1) is 0 Å². The molecular formula is C20H27ClN2O4. The molecule has 1 fully saturated rings. The molecule has 0 spiro atoms. The Hall–Kier alpha value is -1.95. The zero-order chi connectivity index (χ0) is 19.4. The number of hydrogen-bond acceptors (Lipinski definition) is 4. The van der Waals surface area contributed by atoms with E-state index >= 15 is 0 Å². The van der Waals surface area contributed by atoms with Crippen LogP contribution in [0.1, 0.15) is 38.7 Å². The summed E-state index contributed by atoms with van der Waals surface area (Å²) in [6.07, 6.45) is 2.22. The summed E-state index contributed by atoms with van der Waals surface area (Å²) in [5.74, 6) is 1.33. The summed E-state index contributed by atoms with van der Waals surface area (Å²) in [7, 11) is 0. The van der Waals surface area contributed by atoms with E-state index in [1.807, 2.05) is 24.8 Å². The fraction of sp³-hybridized carbons (Fsp3) is 0.600. The first-order valence-corrected chi connectivity index (χ1v) is 9.98. The lowest BCUT2D eigenvalue weighted by molar-refractivity contribution is -0.138. The third-order valence-corrected chi connectivity index (χ3v) is 5.28. The average Bonchev–Trinajstić information content (AvgIpc) is 2.91. The largest absolute Gasteiger partial charge is 0.489 e. The molecule has 0 radical (unpaired) electrons. The second-order valence-electron chi connectivity index (χ2n) is 7.43. The second-order valence-corrected chi connectivity index (χ2v) is 7.83. The summed E-state index contributed by atoms with van der Waals surface area (Å²) < 4.78 is 11.3. The smallest absolute Gasteiger partial charge is 0.225 e. The number of likely N-dealkylation sites (tertiary alicyclic amines) is 1. The molecule has 3 rings (SSSR count). The van der Waals surface area contributed by atoms with Crippen molar-refractivity contribution in [3.05, 3.63) is 22.7 Å². The molecule has 0 saturated carbocycles. The Morgan fingerprint density at radius 1 is 1.22 bits per heavy atom. The van der Waals surface area contributed by atoms with Crippen molar-refractivity contribution in [1.82, 2.24) is 10.2 Å². The highest BCUT2D eigenvalue weighted by Crippen LogP contribution is 2.38. The van der Waals surface area contributed by atoms with E-state index in [1.165, 1.54) is 0 Å². The van der Waals surface area contributed by atoms with Crippen molar-refractivity contribution in [2.24, 2.45) is 11.8 Å². The van der Waals surface area contributed by atoms with E-state index in [1.54, 1.807) is 6.07 Å². The number of amides is 2. The molecule has 1 aromatic rings. The van der Waals surface area contributed by atoms with Gasteiger partial charge in [-0.2, -0.15) is 0 Å². The molecule has 2 aliphatic heterocycles. The van der Waals surface area contributed by atoms with Gasteiger partial charge in [0, 0.05) is 37.9 Å². The van der Waals surface area contributed by atoms with E-state index in [4.69, 9.17) is 21.1 Å². The van der Waals surface area contributed by atoms with E-state index in [0.717, 1.165) is 12.0 Å². The SMILES string of the molecule is CC(C)C(=O)N1CCC(C(=O)NCc2cc(Cl)c3c(c2)OCCCO3)CC1. The number of nitrogens with one attached hydrogen (secondary N) is 1. The summed E-state index contributed by atoms with van der Waals surface area (Å²) in [6, 6.07) is 3.68. The van der Waals surface area contributed by atoms with Gasteiger partial charge in [-0.1, -0.05) is 25.4 Å². The summed E-state index contributed by atoms with van der Waals surface area (Å²) in [4.78, 5) is 26.4. The molecule has 27 heavy (non-hydrogen) atoms. The van der Waals surface area contributed by atoms with Crippen LogP contribution in [0.15, 0.2) is 12.1 Å². The predicted octanol–water partition coefficient (Wildman–Crippen LogP) is 3.01. The molecule has 148 valence electrons. The highest BCUT2D eigenvalue weighted by Gasteiger charge is 2.28. The number of carbonyl (C=O) groups is 2. The fourth-order valence-electron chi connectivity index (χ4n) is 3.45. The van der Waals surface area contributed by atoms with Crippen LogP contribution in [-0.4, -0.2) is 43.0 Å². The summed E-state index contributed by atoms with van der Waals surface area (Å²) in [6.45, 7) is 6.66. The molecule has 0 unspecified atom stereocenters. The van der Waals surface area contributed by atoms with Gasteiger partial charge in [-0.25, -0.2) is 0 Å². The Bertz CT molecular complexity index is 699. The lowest BCUT2D eigenvalue weighted by Gasteiger charge is -2.32. The lowest BCUT2D eigenvalue weighted by Crippen LogP contribution is -2.44. The number of fused-ring (bicyclic) bond motifs is 1. The average molecular weight is 395 g/mol. The maximum Gasteiger partial charge on any atom is 0.225 e. The number of rotatable bonds is 4. The van der Waals surface area contributed by atoms with Crippen LogP contribution < -0.4 is 14.8 Å². The topological polar surface area (TPSA) is 67.9 Å². The molecule has 6 nitrogen and oxygen atoms in total. The molecule has 0 aliphatic carbocycles. The van der Waals surface area contributed by atoms with Gasteiger partial charge in [0.15, 0.2) is 11.5 Å². The first-order chi connectivity index (χ1) is 13.0. The molecule has 0 bridgehead atoms. The van der Waals surface area contributed by atoms with Gasteiger partial charge >= 0.3 is 0 Å². The summed E-state index contributed by atoms with van der Waals surface area (Å²) >= 11 is 6.30. The van der Waals surface area contributed by atoms with Gasteiger partial charge in [0.25, 0.3) is 0 Å². The molecule has 2 aliphatic rings. The normalized spacial score (nSPS) is 17.6. The Morgan fingerprint density at radius 2 is 1.93 bits per heavy atom. The van der Waals surface area contributed by atoms with Gasteiger partial charge < -0.3 is 19.7 Å². The minimum Gasteiger partial charge on any atom is -0.489 e. The Kier molecular flexibility index (Phi) is 6.47. The monoisotopic (exact) mass is 394 g/mol. The first-order valence-electron chi connectivity index (χ1n) is 9.60. The number of ether oxygens (including phenoxy) is 2. The van der Waals surface area contributed by atoms with Crippen LogP contribution in [-0.2, 0) is 16.1 Å². The molecule has 2 amide bonds. The van der Waals surface area contributed by atoms with Crippen LogP contribution in [0.25, 0.3) is 0 Å². The number of nitrogens with zero attached hydrogens (tertiary/aromatic N) is 1. The van der Waals surface area contributed by atoms with Crippen LogP contribution in [0.3, 0.4) is 0 Å². The van der Waals surface area contributed by atoms with Crippen molar-refractivity contribution < 1.29 is 19.1 Å². The maximum absolute atomic E-state index is 12.5. The van der Waals surface area contributed by atoms with Crippen molar-refractivity contribution in [3.8, 4) is 11.5 Å². The molecular weight excluding hydrogens is 368 g/mol. The minimum absolute atomic E-state index is 0.000433. The highest BCUT2D eigenvalue weighted by atomic mass is 35.5. The molecule has 7 heteroatoms. The Balaban J connectivity index is 1.53. The van der Waals surface area contributed by atoms with E-state index in [-0.39, 0.29) is 23.7 Å². The molecule has 0 atom stereocenters. The van der Waals surface area contributed by atoms with Crippen LogP contribution >= 0.6 is 11.6 Å². The highest BCUT2D eigenvalue weighted by molar-refractivity contribution is 6.32. The minimum atomic E-state index is -0.0582. The zero-order valence-electron chi connectivity index (χ0n) is 15.9. The van der Waals surface area contributed by atoms with E-state index < -0.39 is 0 Å². The summed E-state index contributed by atoms with van der Waals surface area (Å²) in [5, 5.41) is 3.49. The van der Waals surface area contributed by atoms with Gasteiger partial charge in [0.05, 0.1) is 18.2 Å². The van der Waals surface area contributed by atoms with Crippen LogP contribution in [0.5, 0.6) is 11.5 Å². The number of carbonyl (C=O) groups excluding carboxylic acids is 2. The molecule has 0 aromatic heterocycles. The van der Waals surface area contributed by atoms with E-state index in [2.05, 4.69) is 5.32 Å². The predicted molar refractivity (Wildman–Crippen MR) is 103 cm³/mol. The summed E-state index contributed by atoms with van der Waals surface area (Å²) in [5.41, 5.74) is 0.880. The number of piperidine rings is 1. The second kappa shape index (κ2) is 8.83. The first kappa shape index (κ1) is 19.8. The molecule has 2 heterocycles. The van der Waals surface area contributed by atoms with E-state index in [0.29, 0.717) is 62.2 Å². The fourth-order valence-corrected chi connectivity index (χ4v) is 3.73. The van der Waals surface area contributed by atoms with Crippen LogP contribution in [0.2, 0.25) is 5.02 Å². The number of hydrogen-bond donors (Lipinski definition) is 1. The third-order valence-electron chi connectivity index (χ3n) is 5.00. The Morgan fingerprint density at radius 3 is 2.63 bits per heavy atom. The van der Waals surface area contributed by atoms with Crippen molar-refractivity contribution >= 4 is 23.4 Å². The Labute approximate surface area is 165 Å². The van der Waals surface area contributed by atoms with Gasteiger partial charge in [-0.05, 0) is 30.5 Å². The molecule has 1 aromatic carbocycles. The van der Waals surface area contributed by atoms with E-state index in [9.17, 15) is 9.59 Å². The van der Waals surface area contributed by atoms with Crippen LogP contribution in [0, 0.1) is 11.8 Å².